The highest BCUT2D eigenvalue weighted by Crippen LogP contribution is 2.41. The predicted octanol–water partition coefficient (Wildman–Crippen LogP) is 3.29. The van der Waals surface area contributed by atoms with E-state index in [4.69, 9.17) is 9.47 Å². The van der Waals surface area contributed by atoms with Gasteiger partial charge in [-0.25, -0.2) is 0 Å². The van der Waals surface area contributed by atoms with Gasteiger partial charge >= 0.3 is 0 Å². The third-order valence-electron chi connectivity index (χ3n) is 3.71. The van der Waals surface area contributed by atoms with Crippen LogP contribution in [0.25, 0.3) is 5.76 Å². The van der Waals surface area contributed by atoms with Crippen LogP contribution in [0, 0.1) is 17.2 Å². The van der Waals surface area contributed by atoms with E-state index in [-0.39, 0.29) is 12.0 Å². The molecule has 3 nitrogen and oxygen atoms in total. The molecule has 0 radical (unpaired) electrons. The van der Waals surface area contributed by atoms with E-state index in [1.807, 2.05) is 24.3 Å². The molecule has 96 valence electrons. The van der Waals surface area contributed by atoms with Crippen LogP contribution in [0.4, 0.5) is 0 Å². The van der Waals surface area contributed by atoms with Gasteiger partial charge in [0.25, 0.3) is 0 Å². The van der Waals surface area contributed by atoms with Crippen LogP contribution < -0.4 is 4.74 Å². The fraction of sp³-hybridized carbons (Fsp3) is 0.312. The van der Waals surface area contributed by atoms with Crippen LogP contribution in [-0.2, 0) is 4.74 Å². The summed E-state index contributed by atoms with van der Waals surface area (Å²) in [7, 11) is 1.64. The molecule has 1 heterocycles. The minimum absolute atomic E-state index is 0.0282. The van der Waals surface area contributed by atoms with E-state index in [0.717, 1.165) is 35.5 Å². The molecule has 1 aromatic carbocycles. The van der Waals surface area contributed by atoms with Crippen molar-refractivity contribution in [1.82, 2.24) is 0 Å². The second kappa shape index (κ2) is 4.81. The van der Waals surface area contributed by atoms with Gasteiger partial charge in [-0.2, -0.15) is 5.26 Å². The molecule has 0 bridgehead atoms. The van der Waals surface area contributed by atoms with Crippen LogP contribution in [0.1, 0.15) is 18.4 Å². The van der Waals surface area contributed by atoms with Gasteiger partial charge in [0, 0.05) is 11.5 Å². The molecule has 1 aliphatic heterocycles. The molecule has 0 amide bonds. The summed E-state index contributed by atoms with van der Waals surface area (Å²) in [6.45, 7) is 0. The summed E-state index contributed by atoms with van der Waals surface area (Å²) in [5.74, 6) is 1.75. The van der Waals surface area contributed by atoms with Crippen LogP contribution in [0.5, 0.6) is 5.75 Å². The van der Waals surface area contributed by atoms with Gasteiger partial charge in [-0.1, -0.05) is 6.08 Å². The van der Waals surface area contributed by atoms with Crippen molar-refractivity contribution in [2.45, 2.75) is 18.9 Å². The van der Waals surface area contributed by atoms with E-state index in [1.165, 1.54) is 0 Å². The van der Waals surface area contributed by atoms with Gasteiger partial charge in [-0.3, -0.25) is 0 Å². The Kier molecular flexibility index (Phi) is 3.00. The van der Waals surface area contributed by atoms with E-state index in [2.05, 4.69) is 18.2 Å². The quantitative estimate of drug-likeness (QED) is 0.759. The van der Waals surface area contributed by atoms with Crippen molar-refractivity contribution < 1.29 is 9.47 Å². The Morgan fingerprint density at radius 1 is 1.32 bits per heavy atom. The summed E-state index contributed by atoms with van der Waals surface area (Å²) in [5.41, 5.74) is 1.72. The average Bonchev–Trinajstić information content (AvgIpc) is 2.85. The SMILES string of the molecule is COc1ccc(C2=C(C#N)[C@@H]3CCC=C[C@@H]3O2)cc1. The summed E-state index contributed by atoms with van der Waals surface area (Å²) in [4.78, 5) is 0. The highest BCUT2D eigenvalue weighted by Gasteiger charge is 2.36. The lowest BCUT2D eigenvalue weighted by atomic mass is 9.86. The first-order valence-electron chi connectivity index (χ1n) is 6.45. The van der Waals surface area contributed by atoms with Crippen molar-refractivity contribution in [3.8, 4) is 11.8 Å². The molecular weight excluding hydrogens is 238 g/mol. The molecule has 3 heteroatoms. The van der Waals surface area contributed by atoms with Gasteiger partial charge in [-0.05, 0) is 43.2 Å². The lowest BCUT2D eigenvalue weighted by Gasteiger charge is -2.19. The van der Waals surface area contributed by atoms with Crippen molar-refractivity contribution in [3.05, 3.63) is 47.6 Å². The number of nitrogens with zero attached hydrogens (tertiary/aromatic N) is 1. The molecule has 0 saturated heterocycles. The van der Waals surface area contributed by atoms with E-state index in [9.17, 15) is 5.26 Å². The molecule has 0 saturated carbocycles. The predicted molar refractivity (Wildman–Crippen MR) is 72.3 cm³/mol. The summed E-state index contributed by atoms with van der Waals surface area (Å²) in [5, 5.41) is 9.40. The van der Waals surface area contributed by atoms with Crippen LogP contribution in [0.15, 0.2) is 42.0 Å². The molecule has 2 aliphatic rings. The van der Waals surface area contributed by atoms with Crippen LogP contribution in [-0.4, -0.2) is 13.2 Å². The van der Waals surface area contributed by atoms with Gasteiger partial charge in [0.1, 0.15) is 17.6 Å². The number of fused-ring (bicyclic) bond motifs is 1. The Balaban J connectivity index is 1.98. The minimum Gasteiger partial charge on any atom is -0.497 e. The monoisotopic (exact) mass is 253 g/mol. The second-order valence-corrected chi connectivity index (χ2v) is 4.78. The zero-order chi connectivity index (χ0) is 13.2. The lowest BCUT2D eigenvalue weighted by molar-refractivity contribution is 0.186. The molecule has 0 fully saturated rings. The first kappa shape index (κ1) is 11.9. The molecule has 19 heavy (non-hydrogen) atoms. The standard InChI is InChI=1S/C16H15NO2/c1-18-12-8-6-11(7-9-12)16-14(10-17)13-4-2-3-5-15(13)19-16/h3,5-9,13,15H,2,4H2,1H3/t13-,15-/m0/s1. The van der Waals surface area contributed by atoms with Gasteiger partial charge in [0.15, 0.2) is 0 Å². The topological polar surface area (TPSA) is 42.2 Å². The van der Waals surface area contributed by atoms with Crippen molar-refractivity contribution in [2.75, 3.05) is 7.11 Å². The number of benzene rings is 1. The zero-order valence-electron chi connectivity index (χ0n) is 10.8. The average molecular weight is 253 g/mol. The van der Waals surface area contributed by atoms with Crippen LogP contribution in [0.3, 0.4) is 0 Å². The molecule has 0 N–H and O–H groups in total. The van der Waals surface area contributed by atoms with E-state index in [1.54, 1.807) is 7.11 Å². The molecule has 1 aromatic rings. The molecule has 0 aromatic heterocycles. The Labute approximate surface area is 112 Å². The molecule has 2 atom stereocenters. The lowest BCUT2D eigenvalue weighted by Crippen LogP contribution is -2.18. The number of hydrogen-bond donors (Lipinski definition) is 0. The Hall–Kier alpha value is -2.21. The van der Waals surface area contributed by atoms with E-state index < -0.39 is 0 Å². The minimum atomic E-state index is 0.0282. The normalized spacial score (nSPS) is 24.6. The molecular formula is C16H15NO2. The highest BCUT2D eigenvalue weighted by atomic mass is 16.5. The number of nitriles is 1. The third-order valence-corrected chi connectivity index (χ3v) is 3.71. The largest absolute Gasteiger partial charge is 0.497 e. The van der Waals surface area contributed by atoms with Crippen LogP contribution in [0.2, 0.25) is 0 Å². The molecule has 1 aliphatic carbocycles. The fourth-order valence-electron chi connectivity index (χ4n) is 2.70. The summed E-state index contributed by atoms with van der Waals surface area (Å²) in [6.07, 6.45) is 6.24. The van der Waals surface area contributed by atoms with Gasteiger partial charge in [-0.15, -0.1) is 0 Å². The Morgan fingerprint density at radius 3 is 2.79 bits per heavy atom. The van der Waals surface area contributed by atoms with Crippen molar-refractivity contribution >= 4 is 5.76 Å². The van der Waals surface area contributed by atoms with Gasteiger partial charge in [0.2, 0.25) is 0 Å². The summed E-state index contributed by atoms with van der Waals surface area (Å²) < 4.78 is 11.1. The number of methoxy groups -OCH3 is 1. The van der Waals surface area contributed by atoms with Crippen LogP contribution >= 0.6 is 0 Å². The van der Waals surface area contributed by atoms with E-state index in [0.29, 0.717) is 0 Å². The number of hydrogen-bond acceptors (Lipinski definition) is 3. The second-order valence-electron chi connectivity index (χ2n) is 4.78. The molecule has 3 rings (SSSR count). The maximum atomic E-state index is 9.40. The van der Waals surface area contributed by atoms with Gasteiger partial charge < -0.3 is 9.47 Å². The van der Waals surface area contributed by atoms with Crippen molar-refractivity contribution in [3.63, 3.8) is 0 Å². The third kappa shape index (κ3) is 2.00. The Morgan fingerprint density at radius 2 is 2.11 bits per heavy atom. The maximum Gasteiger partial charge on any atom is 0.141 e. The molecule has 0 spiro atoms. The number of rotatable bonds is 2. The maximum absolute atomic E-state index is 9.40. The fourth-order valence-corrected chi connectivity index (χ4v) is 2.70. The molecule has 0 unspecified atom stereocenters. The highest BCUT2D eigenvalue weighted by molar-refractivity contribution is 5.70. The first-order valence-corrected chi connectivity index (χ1v) is 6.45. The van der Waals surface area contributed by atoms with Gasteiger partial charge in [0.05, 0.1) is 18.8 Å². The number of ether oxygens (including phenoxy) is 2. The Bertz CT molecular complexity index is 578. The number of allylic oxidation sites excluding steroid dienone is 1. The first-order chi connectivity index (χ1) is 9.33. The van der Waals surface area contributed by atoms with Crippen molar-refractivity contribution in [1.29, 1.82) is 5.26 Å². The van der Waals surface area contributed by atoms with Crippen molar-refractivity contribution in [2.24, 2.45) is 5.92 Å². The summed E-state index contributed by atoms with van der Waals surface area (Å²) >= 11 is 0. The smallest absolute Gasteiger partial charge is 0.141 e. The van der Waals surface area contributed by atoms with E-state index >= 15 is 0 Å². The summed E-state index contributed by atoms with van der Waals surface area (Å²) in [6, 6.07) is 9.98. The zero-order valence-corrected chi connectivity index (χ0v) is 10.8.